The van der Waals surface area contributed by atoms with Crippen molar-refractivity contribution < 1.29 is 37.5 Å². The number of hydrogen-bond acceptors (Lipinski definition) is 7. The lowest BCUT2D eigenvalue weighted by Crippen LogP contribution is -2.37. The van der Waals surface area contributed by atoms with Gasteiger partial charge in [-0.05, 0) is 69.4 Å². The average Bonchev–Trinajstić information content (AvgIpc) is 3.65. The highest BCUT2D eigenvalue weighted by Gasteiger charge is 2.38. The first-order valence-corrected chi connectivity index (χ1v) is 14.8. The Labute approximate surface area is 277 Å². The number of aromatic amines is 1. The topological polar surface area (TPSA) is 160 Å². The maximum Gasteiger partial charge on any atom is 0.490 e. The fourth-order valence-electron chi connectivity index (χ4n) is 4.29. The van der Waals surface area contributed by atoms with Gasteiger partial charge in [0.1, 0.15) is 5.69 Å². The van der Waals surface area contributed by atoms with Gasteiger partial charge < -0.3 is 30.9 Å². The number of H-pyrrole nitrogens is 1. The van der Waals surface area contributed by atoms with Gasteiger partial charge in [-0.25, -0.2) is 4.79 Å². The Hall–Kier alpha value is -4.60. The largest absolute Gasteiger partial charge is 0.490 e. The first kappa shape index (κ1) is 36.9. The Morgan fingerprint density at radius 2 is 1.70 bits per heavy atom. The molecule has 2 heterocycles. The lowest BCUT2D eigenvalue weighted by atomic mass is 10.2. The van der Waals surface area contributed by atoms with Gasteiger partial charge in [-0.1, -0.05) is 35.3 Å². The van der Waals surface area contributed by atoms with Crippen LogP contribution >= 0.6 is 23.2 Å². The molecule has 47 heavy (non-hydrogen) atoms. The molecule has 0 radical (unpaired) electrons. The zero-order chi connectivity index (χ0) is 34.7. The Bertz CT molecular complexity index is 1580. The van der Waals surface area contributed by atoms with Crippen molar-refractivity contribution in [3.8, 4) is 0 Å². The van der Waals surface area contributed by atoms with Crippen molar-refractivity contribution in [2.75, 3.05) is 49.3 Å². The second-order valence-electron chi connectivity index (χ2n) is 10.4. The molecule has 0 unspecified atom stereocenters. The van der Waals surface area contributed by atoms with E-state index in [2.05, 4.69) is 35.9 Å². The van der Waals surface area contributed by atoms with Crippen molar-refractivity contribution in [3.05, 3.63) is 82.1 Å². The number of carboxylic acid groups (broad SMARTS) is 1. The molecule has 0 spiro atoms. The SMILES string of the molecule is CN(C)CC/C=C/C(=O)Nc1ccc(N2CC[C@@H](NC(=O)c3[nH]ncc3NC(=O)c3c(Cl)cccc3Cl)C2)cc1.O=C(O)C(F)(F)F. The average molecular weight is 699 g/mol. The van der Waals surface area contributed by atoms with Gasteiger partial charge in [-0.2, -0.15) is 18.3 Å². The van der Waals surface area contributed by atoms with Gasteiger partial charge in [0, 0.05) is 37.1 Å². The third-order valence-corrected chi connectivity index (χ3v) is 7.21. The molecule has 4 rings (SSSR count). The molecule has 3 amide bonds. The van der Waals surface area contributed by atoms with Gasteiger partial charge in [0.25, 0.3) is 11.8 Å². The lowest BCUT2D eigenvalue weighted by molar-refractivity contribution is -0.192. The number of carboxylic acids is 1. The number of nitrogens with one attached hydrogen (secondary N) is 4. The van der Waals surface area contributed by atoms with Crippen molar-refractivity contribution in [2.45, 2.75) is 25.1 Å². The highest BCUT2D eigenvalue weighted by molar-refractivity contribution is 6.40. The van der Waals surface area contributed by atoms with Crippen LogP contribution in [0.15, 0.2) is 60.8 Å². The van der Waals surface area contributed by atoms with E-state index in [-0.39, 0.29) is 44.8 Å². The number of halogens is 5. The number of anilines is 3. The maximum absolute atomic E-state index is 13.0. The van der Waals surface area contributed by atoms with Crippen molar-refractivity contribution >= 4 is 64.0 Å². The number of aromatic nitrogens is 2. The zero-order valence-corrected chi connectivity index (χ0v) is 26.7. The normalized spacial score (nSPS) is 14.5. The minimum Gasteiger partial charge on any atom is -0.475 e. The molecular formula is C30H32Cl2F3N7O5. The molecule has 0 saturated carbocycles. The lowest BCUT2D eigenvalue weighted by Gasteiger charge is -2.19. The van der Waals surface area contributed by atoms with Crippen LogP contribution in [0, 0.1) is 0 Å². The summed E-state index contributed by atoms with van der Waals surface area (Å²) < 4.78 is 31.7. The predicted octanol–water partition coefficient (Wildman–Crippen LogP) is 5.06. The van der Waals surface area contributed by atoms with Crippen LogP contribution in [0.1, 0.15) is 33.7 Å². The molecule has 12 nitrogen and oxygen atoms in total. The quantitative estimate of drug-likeness (QED) is 0.184. The summed E-state index contributed by atoms with van der Waals surface area (Å²) in [7, 11) is 3.98. The zero-order valence-electron chi connectivity index (χ0n) is 25.2. The minimum atomic E-state index is -5.08. The van der Waals surface area contributed by atoms with Crippen molar-refractivity contribution in [2.24, 2.45) is 0 Å². The van der Waals surface area contributed by atoms with Crippen LogP contribution in [0.3, 0.4) is 0 Å². The van der Waals surface area contributed by atoms with Gasteiger partial charge >= 0.3 is 12.1 Å². The van der Waals surface area contributed by atoms with E-state index in [4.69, 9.17) is 33.1 Å². The summed E-state index contributed by atoms with van der Waals surface area (Å²) in [5.41, 5.74) is 2.17. The van der Waals surface area contributed by atoms with E-state index in [9.17, 15) is 27.6 Å². The summed E-state index contributed by atoms with van der Waals surface area (Å²) >= 11 is 12.3. The number of aliphatic carboxylic acids is 1. The minimum absolute atomic E-state index is 0.107. The Morgan fingerprint density at radius 1 is 1.06 bits per heavy atom. The molecule has 17 heteroatoms. The number of carbonyl (C=O) groups excluding carboxylic acids is 3. The summed E-state index contributed by atoms with van der Waals surface area (Å²) in [6, 6.07) is 12.3. The van der Waals surface area contributed by atoms with E-state index in [1.807, 2.05) is 44.4 Å². The number of rotatable bonds is 10. The van der Waals surface area contributed by atoms with Gasteiger partial charge in [0.2, 0.25) is 5.91 Å². The number of alkyl halides is 3. The summed E-state index contributed by atoms with van der Waals surface area (Å²) in [4.78, 5) is 51.0. The van der Waals surface area contributed by atoms with Gasteiger partial charge in [0.15, 0.2) is 0 Å². The molecule has 0 aliphatic carbocycles. The Morgan fingerprint density at radius 3 is 2.30 bits per heavy atom. The van der Waals surface area contributed by atoms with E-state index in [0.717, 1.165) is 31.6 Å². The predicted molar refractivity (Wildman–Crippen MR) is 172 cm³/mol. The molecule has 252 valence electrons. The summed E-state index contributed by atoms with van der Waals surface area (Å²) in [5.74, 6) is -3.85. The molecule has 1 aliphatic heterocycles. The van der Waals surface area contributed by atoms with Gasteiger partial charge in [0.05, 0.1) is 27.5 Å². The molecule has 1 saturated heterocycles. The van der Waals surface area contributed by atoms with E-state index in [0.29, 0.717) is 12.2 Å². The number of benzene rings is 2. The molecule has 1 fully saturated rings. The molecule has 3 aromatic rings. The first-order valence-electron chi connectivity index (χ1n) is 14.0. The number of hydrogen-bond donors (Lipinski definition) is 5. The summed E-state index contributed by atoms with van der Waals surface area (Å²) in [6.45, 7) is 2.24. The highest BCUT2D eigenvalue weighted by atomic mass is 35.5. The molecule has 5 N–H and O–H groups in total. The Balaban J connectivity index is 0.000000771. The first-order chi connectivity index (χ1) is 22.1. The monoisotopic (exact) mass is 697 g/mol. The van der Waals surface area contributed by atoms with Crippen molar-refractivity contribution in [1.29, 1.82) is 0 Å². The number of carbonyl (C=O) groups is 4. The van der Waals surface area contributed by atoms with Crippen LogP contribution in [-0.4, -0.2) is 89.8 Å². The van der Waals surface area contributed by atoms with Crippen LogP contribution in [-0.2, 0) is 9.59 Å². The van der Waals surface area contributed by atoms with Crippen LogP contribution in [0.4, 0.5) is 30.2 Å². The van der Waals surface area contributed by atoms with E-state index in [1.165, 1.54) is 6.20 Å². The fraction of sp³-hybridized carbons (Fsp3) is 0.300. The fourth-order valence-corrected chi connectivity index (χ4v) is 4.86. The molecule has 1 aromatic heterocycles. The molecular weight excluding hydrogens is 666 g/mol. The molecule has 1 atom stereocenters. The molecule has 0 bridgehead atoms. The van der Waals surface area contributed by atoms with Gasteiger partial charge in [-0.15, -0.1) is 0 Å². The van der Waals surface area contributed by atoms with Crippen LogP contribution < -0.4 is 20.9 Å². The second-order valence-corrected chi connectivity index (χ2v) is 11.3. The van der Waals surface area contributed by atoms with Crippen molar-refractivity contribution in [3.63, 3.8) is 0 Å². The second kappa shape index (κ2) is 16.8. The maximum atomic E-state index is 13.0. The summed E-state index contributed by atoms with van der Waals surface area (Å²) in [5, 5.41) is 22.6. The van der Waals surface area contributed by atoms with E-state index >= 15 is 0 Å². The van der Waals surface area contributed by atoms with Crippen molar-refractivity contribution in [1.82, 2.24) is 20.4 Å². The van der Waals surface area contributed by atoms with Crippen LogP contribution in [0.25, 0.3) is 0 Å². The van der Waals surface area contributed by atoms with E-state index < -0.39 is 18.1 Å². The van der Waals surface area contributed by atoms with Gasteiger partial charge in [-0.3, -0.25) is 19.5 Å². The molecule has 1 aliphatic rings. The van der Waals surface area contributed by atoms with E-state index in [1.54, 1.807) is 24.3 Å². The standard InChI is InChI=1S/C28H31Cl2N7O3.C2HF3O2/c1-36(2)14-4-3-8-24(38)32-18-9-11-20(12-10-18)37-15-13-19(17-37)33-28(40)26-23(16-31-35-26)34-27(39)25-21(29)6-5-7-22(25)30;3-2(4,5)1(6)7/h3,5-12,16,19H,4,13-15,17H2,1-2H3,(H,31,35)(H,32,38)(H,33,40)(H,34,39);(H,6,7)/b8-3+;/t19-;/m1./s1. The molecule has 2 aromatic carbocycles. The Kier molecular flexibility index (Phi) is 13.2. The van der Waals surface area contributed by atoms with Crippen LogP contribution in [0.2, 0.25) is 10.0 Å². The third kappa shape index (κ3) is 11.3. The van der Waals surface area contributed by atoms with Crippen LogP contribution in [0.5, 0.6) is 0 Å². The number of amides is 3. The summed E-state index contributed by atoms with van der Waals surface area (Å²) in [6.07, 6.45) is 1.23. The smallest absolute Gasteiger partial charge is 0.475 e. The third-order valence-electron chi connectivity index (χ3n) is 6.58. The number of nitrogens with zero attached hydrogens (tertiary/aromatic N) is 3. The highest BCUT2D eigenvalue weighted by Crippen LogP contribution is 2.26.